The van der Waals surface area contributed by atoms with E-state index in [1.54, 1.807) is 6.92 Å². The molecule has 0 heterocycles. The normalized spacial score (nSPS) is 18.2. The van der Waals surface area contributed by atoms with Gasteiger partial charge in [-0.25, -0.2) is 23.0 Å². The van der Waals surface area contributed by atoms with E-state index in [0.29, 0.717) is 31.4 Å². The summed E-state index contributed by atoms with van der Waals surface area (Å²) in [6.07, 6.45) is 2.07. The Morgan fingerprint density at radius 1 is 1.03 bits per heavy atom. The summed E-state index contributed by atoms with van der Waals surface area (Å²) in [5.74, 6) is -3.51. The number of benzene rings is 2. The first-order chi connectivity index (χ1) is 16.2. The SMILES string of the molecule is CCOC(=O)NC1CCC(N=C(NC(=O)c2ccc(F)c(F)c2)Nc2ccc(F)c(Cl)c2)CC1. The fraction of sp³-hybridized carbons (Fsp3) is 0.348. The van der Waals surface area contributed by atoms with Gasteiger partial charge >= 0.3 is 6.09 Å². The first-order valence-electron chi connectivity index (χ1n) is 10.7. The van der Waals surface area contributed by atoms with Crippen molar-refractivity contribution in [3.63, 3.8) is 0 Å². The molecular formula is C23H24ClF3N4O3. The smallest absolute Gasteiger partial charge is 0.407 e. The van der Waals surface area contributed by atoms with Gasteiger partial charge in [0.25, 0.3) is 5.91 Å². The lowest BCUT2D eigenvalue weighted by atomic mass is 9.92. The summed E-state index contributed by atoms with van der Waals surface area (Å²) in [5, 5.41) is 8.12. The molecule has 1 aliphatic carbocycles. The summed E-state index contributed by atoms with van der Waals surface area (Å²) in [4.78, 5) is 28.8. The average molecular weight is 497 g/mol. The van der Waals surface area contributed by atoms with Gasteiger partial charge in [-0.05, 0) is 69.0 Å². The number of nitrogens with one attached hydrogen (secondary N) is 3. The lowest BCUT2D eigenvalue weighted by molar-refractivity contribution is 0.0976. The van der Waals surface area contributed by atoms with E-state index in [1.807, 2.05) is 0 Å². The largest absolute Gasteiger partial charge is 0.450 e. The van der Waals surface area contributed by atoms with E-state index in [9.17, 15) is 22.8 Å². The van der Waals surface area contributed by atoms with Gasteiger partial charge in [-0.1, -0.05) is 11.6 Å². The summed E-state index contributed by atoms with van der Waals surface area (Å²) in [7, 11) is 0. The van der Waals surface area contributed by atoms with Crippen molar-refractivity contribution in [3.8, 4) is 0 Å². The van der Waals surface area contributed by atoms with E-state index in [1.165, 1.54) is 12.1 Å². The number of alkyl carbamates (subject to hydrolysis) is 1. The number of hydrogen-bond acceptors (Lipinski definition) is 4. The highest BCUT2D eigenvalue weighted by Crippen LogP contribution is 2.23. The van der Waals surface area contributed by atoms with Crippen molar-refractivity contribution in [2.24, 2.45) is 4.99 Å². The maximum absolute atomic E-state index is 13.6. The fourth-order valence-electron chi connectivity index (χ4n) is 3.49. The number of carbonyl (C=O) groups excluding carboxylic acids is 2. The van der Waals surface area contributed by atoms with Crippen molar-refractivity contribution in [2.75, 3.05) is 11.9 Å². The van der Waals surface area contributed by atoms with Crippen LogP contribution in [0.4, 0.5) is 23.7 Å². The molecule has 0 aliphatic heterocycles. The van der Waals surface area contributed by atoms with Gasteiger partial charge in [0.05, 0.1) is 17.7 Å². The second-order valence-electron chi connectivity index (χ2n) is 7.68. The lowest BCUT2D eigenvalue weighted by Gasteiger charge is -2.27. The van der Waals surface area contributed by atoms with Gasteiger partial charge in [0, 0.05) is 17.3 Å². The highest BCUT2D eigenvalue weighted by Gasteiger charge is 2.23. The second kappa shape index (κ2) is 11.7. The van der Waals surface area contributed by atoms with E-state index in [4.69, 9.17) is 16.3 Å². The van der Waals surface area contributed by atoms with E-state index in [-0.39, 0.29) is 35.2 Å². The molecule has 11 heteroatoms. The zero-order valence-corrected chi connectivity index (χ0v) is 19.1. The molecular weight excluding hydrogens is 473 g/mol. The molecule has 2 aromatic carbocycles. The maximum atomic E-state index is 13.6. The molecule has 7 nitrogen and oxygen atoms in total. The number of guanidine groups is 1. The number of nitrogens with zero attached hydrogens (tertiary/aromatic N) is 1. The zero-order valence-electron chi connectivity index (χ0n) is 18.3. The van der Waals surface area contributed by atoms with Crippen LogP contribution in [0.15, 0.2) is 41.4 Å². The lowest BCUT2D eigenvalue weighted by Crippen LogP contribution is -2.40. The zero-order chi connectivity index (χ0) is 24.7. The van der Waals surface area contributed by atoms with Crippen molar-refractivity contribution < 1.29 is 27.5 Å². The number of halogens is 4. The van der Waals surface area contributed by atoms with E-state index >= 15 is 0 Å². The molecule has 3 N–H and O–H groups in total. The molecule has 182 valence electrons. The number of hydrogen-bond donors (Lipinski definition) is 3. The molecule has 3 rings (SSSR count). The van der Waals surface area contributed by atoms with Crippen molar-refractivity contribution in [1.82, 2.24) is 10.6 Å². The monoisotopic (exact) mass is 496 g/mol. The van der Waals surface area contributed by atoms with Crippen molar-refractivity contribution in [2.45, 2.75) is 44.7 Å². The Morgan fingerprint density at radius 2 is 1.74 bits per heavy atom. The minimum absolute atomic E-state index is 0.0409. The number of rotatable bonds is 5. The van der Waals surface area contributed by atoms with E-state index in [2.05, 4.69) is 20.9 Å². The Kier molecular flexibility index (Phi) is 8.75. The maximum Gasteiger partial charge on any atom is 0.407 e. The van der Waals surface area contributed by atoms with Crippen LogP contribution in [-0.4, -0.2) is 36.7 Å². The van der Waals surface area contributed by atoms with Crippen LogP contribution in [0.3, 0.4) is 0 Å². The van der Waals surface area contributed by atoms with Gasteiger partial charge in [-0.15, -0.1) is 0 Å². The summed E-state index contributed by atoms with van der Waals surface area (Å²) in [6.45, 7) is 2.01. The molecule has 0 bridgehead atoms. The van der Waals surface area contributed by atoms with Gasteiger partial charge in [0.15, 0.2) is 11.6 Å². The molecule has 34 heavy (non-hydrogen) atoms. The number of ether oxygens (including phenoxy) is 1. The summed E-state index contributed by atoms with van der Waals surface area (Å²) in [6, 6.07) is 6.45. The van der Waals surface area contributed by atoms with Crippen LogP contribution >= 0.6 is 11.6 Å². The molecule has 0 radical (unpaired) electrons. The molecule has 1 aliphatic rings. The summed E-state index contributed by atoms with van der Waals surface area (Å²) < 4.78 is 45.2. The number of aliphatic imine (C=N–C) groups is 1. The molecule has 2 aromatic rings. The van der Waals surface area contributed by atoms with Crippen molar-refractivity contribution >= 4 is 35.2 Å². The first kappa shape index (κ1) is 25.4. The Hall–Kier alpha value is -3.27. The minimum Gasteiger partial charge on any atom is -0.450 e. The third kappa shape index (κ3) is 7.11. The minimum atomic E-state index is -1.16. The predicted octanol–water partition coefficient (Wildman–Crippen LogP) is 5.01. The van der Waals surface area contributed by atoms with E-state index < -0.39 is 29.5 Å². The van der Waals surface area contributed by atoms with Crippen LogP contribution in [0.25, 0.3) is 0 Å². The van der Waals surface area contributed by atoms with Gasteiger partial charge in [0.1, 0.15) is 5.82 Å². The third-order valence-corrected chi connectivity index (χ3v) is 5.49. The molecule has 1 saturated carbocycles. The van der Waals surface area contributed by atoms with Crippen LogP contribution in [0.1, 0.15) is 43.0 Å². The van der Waals surface area contributed by atoms with Crippen molar-refractivity contribution in [1.29, 1.82) is 0 Å². The van der Waals surface area contributed by atoms with Gasteiger partial charge < -0.3 is 15.4 Å². The quantitative estimate of drug-likeness (QED) is 0.401. The molecule has 0 aromatic heterocycles. The van der Waals surface area contributed by atoms with E-state index in [0.717, 1.165) is 24.3 Å². The summed E-state index contributed by atoms with van der Waals surface area (Å²) >= 11 is 5.84. The van der Waals surface area contributed by atoms with Crippen LogP contribution in [0.2, 0.25) is 5.02 Å². The molecule has 0 spiro atoms. The van der Waals surface area contributed by atoms with Crippen LogP contribution < -0.4 is 16.0 Å². The molecule has 0 unspecified atom stereocenters. The highest BCUT2D eigenvalue weighted by atomic mass is 35.5. The van der Waals surface area contributed by atoms with Crippen LogP contribution in [0, 0.1) is 17.5 Å². The Morgan fingerprint density at radius 3 is 2.38 bits per heavy atom. The van der Waals surface area contributed by atoms with Gasteiger partial charge in [0.2, 0.25) is 5.96 Å². The standard InChI is InChI=1S/C23H24ClF3N4O3/c1-2-34-23(33)30-15-6-4-14(5-7-15)28-22(29-16-8-10-18(25)17(24)12-16)31-21(32)13-3-9-19(26)20(27)11-13/h3,8-12,14-15H,2,4-7H2,1H3,(H,30,33)(H2,28,29,31,32). The highest BCUT2D eigenvalue weighted by molar-refractivity contribution is 6.31. The number of anilines is 1. The van der Waals surface area contributed by atoms with Gasteiger partial charge in [-0.3, -0.25) is 10.1 Å². The Labute approximate surface area is 199 Å². The first-order valence-corrected chi connectivity index (χ1v) is 11.1. The van der Waals surface area contributed by atoms with Crippen LogP contribution in [-0.2, 0) is 4.74 Å². The number of carbonyl (C=O) groups is 2. The Balaban J connectivity index is 1.73. The van der Waals surface area contributed by atoms with Crippen molar-refractivity contribution in [3.05, 3.63) is 64.4 Å². The Bertz CT molecular complexity index is 1080. The average Bonchev–Trinajstić information content (AvgIpc) is 2.79. The molecule has 1 fully saturated rings. The predicted molar refractivity (Wildman–Crippen MR) is 122 cm³/mol. The van der Waals surface area contributed by atoms with Gasteiger partial charge in [-0.2, -0.15) is 0 Å². The molecule has 0 saturated heterocycles. The fourth-order valence-corrected chi connectivity index (χ4v) is 3.68. The molecule has 0 atom stereocenters. The van der Waals surface area contributed by atoms with Crippen LogP contribution in [0.5, 0.6) is 0 Å². The molecule has 2 amide bonds. The topological polar surface area (TPSA) is 91.8 Å². The second-order valence-corrected chi connectivity index (χ2v) is 8.09. The summed E-state index contributed by atoms with van der Waals surface area (Å²) in [5.41, 5.74) is 0.265. The number of amides is 2. The third-order valence-electron chi connectivity index (χ3n) is 5.20.